The van der Waals surface area contributed by atoms with Gasteiger partial charge in [-0.05, 0) is 11.1 Å². The fourth-order valence-electron chi connectivity index (χ4n) is 2.37. The molecular formula is C17H14O2S. The fraction of sp³-hybridized carbons (Fsp3) is 0.118. The molecule has 1 aliphatic rings. The van der Waals surface area contributed by atoms with Crippen LogP contribution in [0.3, 0.4) is 0 Å². The molecule has 1 heterocycles. The lowest BCUT2D eigenvalue weighted by molar-refractivity contribution is -0.136. The first-order valence-electron chi connectivity index (χ1n) is 6.46. The van der Waals surface area contributed by atoms with E-state index in [1.165, 1.54) is 0 Å². The summed E-state index contributed by atoms with van der Waals surface area (Å²) in [7, 11) is 0. The van der Waals surface area contributed by atoms with E-state index < -0.39 is 0 Å². The Kier molecular flexibility index (Phi) is 3.61. The molecule has 0 N–H and O–H groups in total. The minimum Gasteiger partial charge on any atom is -0.457 e. The molecule has 0 saturated carbocycles. The van der Waals surface area contributed by atoms with Gasteiger partial charge in [-0.15, -0.1) is 0 Å². The van der Waals surface area contributed by atoms with Crippen LogP contribution in [0.1, 0.15) is 16.4 Å². The number of ether oxygens (including phenoxy) is 1. The Morgan fingerprint density at radius 2 is 1.55 bits per heavy atom. The first-order chi connectivity index (χ1) is 9.77. The second-order valence-corrected chi connectivity index (χ2v) is 5.16. The fourth-order valence-corrected chi connectivity index (χ4v) is 2.81. The van der Waals surface area contributed by atoms with E-state index in [-0.39, 0.29) is 11.2 Å². The molecule has 1 aliphatic heterocycles. The van der Waals surface area contributed by atoms with Crippen molar-refractivity contribution in [2.45, 2.75) is 5.25 Å². The molecule has 0 radical (unpaired) electrons. The second-order valence-electron chi connectivity index (χ2n) is 4.65. The highest BCUT2D eigenvalue weighted by atomic mass is 32.1. The van der Waals surface area contributed by atoms with Crippen molar-refractivity contribution in [3.63, 3.8) is 0 Å². The van der Waals surface area contributed by atoms with E-state index >= 15 is 0 Å². The Labute approximate surface area is 123 Å². The molecule has 3 rings (SSSR count). The molecule has 0 amide bonds. The normalized spacial score (nSPS) is 16.1. The molecule has 0 fully saturated rings. The molecule has 100 valence electrons. The SMILES string of the molecule is O=C1OCC(c2ccccc2)=C1C(S)c1ccccc1. The number of rotatable bonds is 3. The molecule has 0 spiro atoms. The molecule has 3 heteroatoms. The van der Waals surface area contributed by atoms with Crippen LogP contribution in [0.15, 0.2) is 66.2 Å². The summed E-state index contributed by atoms with van der Waals surface area (Å²) in [5.74, 6) is -0.271. The Morgan fingerprint density at radius 1 is 0.950 bits per heavy atom. The van der Waals surface area contributed by atoms with Crippen molar-refractivity contribution >= 4 is 24.2 Å². The molecular weight excluding hydrogens is 268 g/mol. The number of esters is 1. The van der Waals surface area contributed by atoms with Crippen LogP contribution in [0.2, 0.25) is 0 Å². The summed E-state index contributed by atoms with van der Waals surface area (Å²) in [6.07, 6.45) is 0. The van der Waals surface area contributed by atoms with Crippen LogP contribution in [-0.2, 0) is 9.53 Å². The van der Waals surface area contributed by atoms with Gasteiger partial charge in [-0.25, -0.2) is 4.79 Å². The second kappa shape index (κ2) is 5.55. The first kappa shape index (κ1) is 13.0. The van der Waals surface area contributed by atoms with Gasteiger partial charge in [0.05, 0.1) is 10.8 Å². The van der Waals surface area contributed by atoms with E-state index in [4.69, 9.17) is 4.74 Å². The van der Waals surface area contributed by atoms with Gasteiger partial charge >= 0.3 is 5.97 Å². The standard InChI is InChI=1S/C17H14O2S/c18-17-15(16(20)13-9-5-2-6-10-13)14(11-19-17)12-7-3-1-4-8-12/h1-10,16,20H,11H2. The largest absolute Gasteiger partial charge is 0.457 e. The Balaban J connectivity index is 2.06. The van der Waals surface area contributed by atoms with Gasteiger partial charge in [0.25, 0.3) is 0 Å². The highest BCUT2D eigenvalue weighted by Crippen LogP contribution is 2.37. The number of hydrogen-bond acceptors (Lipinski definition) is 3. The van der Waals surface area contributed by atoms with Gasteiger partial charge in [-0.3, -0.25) is 0 Å². The lowest BCUT2D eigenvalue weighted by Gasteiger charge is -2.12. The van der Waals surface area contributed by atoms with Crippen LogP contribution in [-0.4, -0.2) is 12.6 Å². The summed E-state index contributed by atoms with van der Waals surface area (Å²) in [5, 5.41) is -0.263. The van der Waals surface area contributed by atoms with Crippen LogP contribution >= 0.6 is 12.6 Å². The zero-order valence-corrected chi connectivity index (χ0v) is 11.7. The van der Waals surface area contributed by atoms with Crippen molar-refractivity contribution in [1.82, 2.24) is 0 Å². The molecule has 1 atom stereocenters. The summed E-state index contributed by atoms with van der Waals surface area (Å²) < 4.78 is 5.21. The third-order valence-electron chi connectivity index (χ3n) is 3.40. The van der Waals surface area contributed by atoms with Gasteiger partial charge in [0.15, 0.2) is 0 Å². The first-order valence-corrected chi connectivity index (χ1v) is 6.97. The molecule has 0 saturated heterocycles. The molecule has 1 unspecified atom stereocenters. The van der Waals surface area contributed by atoms with E-state index in [0.717, 1.165) is 16.7 Å². The number of thiol groups is 1. The minimum absolute atomic E-state index is 0.263. The molecule has 2 aromatic carbocycles. The van der Waals surface area contributed by atoms with Crippen LogP contribution in [0, 0.1) is 0 Å². The number of hydrogen-bond donors (Lipinski definition) is 1. The molecule has 20 heavy (non-hydrogen) atoms. The van der Waals surface area contributed by atoms with Crippen molar-refractivity contribution in [3.8, 4) is 0 Å². The molecule has 2 aromatic rings. The summed E-state index contributed by atoms with van der Waals surface area (Å²) >= 11 is 4.62. The number of carbonyl (C=O) groups excluding carboxylic acids is 1. The van der Waals surface area contributed by atoms with E-state index in [0.29, 0.717) is 12.2 Å². The third kappa shape index (κ3) is 2.37. The summed E-state index contributed by atoms with van der Waals surface area (Å²) in [6, 6.07) is 19.6. The summed E-state index contributed by atoms with van der Waals surface area (Å²) in [4.78, 5) is 12.0. The molecule has 0 aliphatic carbocycles. The number of cyclic esters (lactones) is 1. The van der Waals surface area contributed by atoms with Crippen LogP contribution in [0.25, 0.3) is 5.57 Å². The van der Waals surface area contributed by atoms with Gasteiger partial charge in [0.2, 0.25) is 0 Å². The Morgan fingerprint density at radius 3 is 2.20 bits per heavy atom. The van der Waals surface area contributed by atoms with Crippen molar-refractivity contribution in [1.29, 1.82) is 0 Å². The smallest absolute Gasteiger partial charge is 0.336 e. The average molecular weight is 282 g/mol. The van der Waals surface area contributed by atoms with Crippen LogP contribution < -0.4 is 0 Å². The van der Waals surface area contributed by atoms with Crippen molar-refractivity contribution in [3.05, 3.63) is 77.4 Å². The average Bonchev–Trinajstić information content (AvgIpc) is 2.90. The highest BCUT2D eigenvalue weighted by molar-refractivity contribution is 7.80. The summed E-state index contributed by atoms with van der Waals surface area (Å²) in [5.41, 5.74) is 3.59. The third-order valence-corrected chi connectivity index (χ3v) is 3.96. The highest BCUT2D eigenvalue weighted by Gasteiger charge is 2.31. The number of benzene rings is 2. The van der Waals surface area contributed by atoms with Gasteiger partial charge in [-0.2, -0.15) is 12.6 Å². The van der Waals surface area contributed by atoms with Gasteiger partial charge < -0.3 is 4.74 Å². The van der Waals surface area contributed by atoms with E-state index in [2.05, 4.69) is 12.6 Å². The topological polar surface area (TPSA) is 26.3 Å². The predicted octanol–water partition coefficient (Wildman–Crippen LogP) is 3.67. The van der Waals surface area contributed by atoms with E-state index in [9.17, 15) is 4.79 Å². The van der Waals surface area contributed by atoms with E-state index in [1.807, 2.05) is 60.7 Å². The zero-order chi connectivity index (χ0) is 13.9. The van der Waals surface area contributed by atoms with E-state index in [1.54, 1.807) is 0 Å². The summed E-state index contributed by atoms with van der Waals surface area (Å²) in [6.45, 7) is 0.322. The Hall–Kier alpha value is -2.00. The maximum atomic E-state index is 12.0. The quantitative estimate of drug-likeness (QED) is 0.687. The van der Waals surface area contributed by atoms with Crippen molar-refractivity contribution in [2.75, 3.05) is 6.61 Å². The van der Waals surface area contributed by atoms with Crippen LogP contribution in [0.5, 0.6) is 0 Å². The molecule has 0 aromatic heterocycles. The van der Waals surface area contributed by atoms with Gasteiger partial charge in [0, 0.05) is 5.57 Å². The van der Waals surface area contributed by atoms with Gasteiger partial charge in [-0.1, -0.05) is 60.7 Å². The van der Waals surface area contributed by atoms with Gasteiger partial charge in [0.1, 0.15) is 6.61 Å². The van der Waals surface area contributed by atoms with Crippen LogP contribution in [0.4, 0.5) is 0 Å². The maximum Gasteiger partial charge on any atom is 0.336 e. The lowest BCUT2D eigenvalue weighted by Crippen LogP contribution is -2.05. The maximum absolute atomic E-state index is 12.0. The molecule has 2 nitrogen and oxygen atoms in total. The zero-order valence-electron chi connectivity index (χ0n) is 10.8. The number of carbonyl (C=O) groups is 1. The molecule has 0 bridgehead atoms. The minimum atomic E-state index is -0.271. The lowest BCUT2D eigenvalue weighted by atomic mass is 9.96. The predicted molar refractivity (Wildman–Crippen MR) is 82.5 cm³/mol. The monoisotopic (exact) mass is 282 g/mol. The Bertz CT molecular complexity index is 647. The van der Waals surface area contributed by atoms with Crippen molar-refractivity contribution < 1.29 is 9.53 Å². The van der Waals surface area contributed by atoms with Crippen molar-refractivity contribution in [2.24, 2.45) is 0 Å².